The minimum Gasteiger partial charge on any atom is -0.769 e. The number of carbonyl (C=O) groups is 2. The van der Waals surface area contributed by atoms with E-state index in [2.05, 4.69) is 6.58 Å². The molecule has 0 spiro atoms. The van der Waals surface area contributed by atoms with Gasteiger partial charge in [0.05, 0.1) is 11.1 Å². The average molecular weight is 335 g/mol. The quantitative estimate of drug-likeness (QED) is 0.833. The topological polar surface area (TPSA) is 115 Å². The Morgan fingerprint density at radius 3 is 1.26 bits per heavy atom. The van der Waals surface area contributed by atoms with E-state index in [0.717, 1.165) is 5.41 Å². The fourth-order valence-corrected chi connectivity index (χ4v) is 1.16. The molecule has 0 aliphatic rings. The van der Waals surface area contributed by atoms with Crippen LogP contribution in [0.1, 0.15) is 20.7 Å². The molecule has 0 heterocycles. The van der Waals surface area contributed by atoms with Gasteiger partial charge in [-0.1, -0.05) is 43.0 Å². The van der Waals surface area contributed by atoms with Crippen LogP contribution in [0.2, 0.25) is 0 Å². The van der Waals surface area contributed by atoms with Crippen molar-refractivity contribution in [3.05, 3.63) is 83.8 Å². The third-order valence-corrected chi connectivity index (χ3v) is 2.45. The molecule has 2 aromatic rings. The summed E-state index contributed by atoms with van der Waals surface area (Å²) in [6.45, 7) is 2.95. The molecule has 2 aromatic carbocycles. The Hall–Kier alpha value is -2.77. The van der Waals surface area contributed by atoms with Crippen molar-refractivity contribution >= 4 is 23.0 Å². The van der Waals surface area contributed by atoms with Crippen LogP contribution in [0.4, 0.5) is 0 Å². The zero-order chi connectivity index (χ0) is 17.7. The molecule has 7 heteroatoms. The fourth-order valence-electron chi connectivity index (χ4n) is 1.16. The van der Waals surface area contributed by atoms with Crippen LogP contribution < -0.4 is 0 Å². The van der Waals surface area contributed by atoms with Crippen molar-refractivity contribution < 1.29 is 28.6 Å². The Kier molecular flexibility index (Phi) is 10.4. The zero-order valence-corrected chi connectivity index (χ0v) is 12.8. The molecular formula is C16H15O6S-. The van der Waals surface area contributed by atoms with Crippen LogP contribution >= 0.6 is 0 Å². The normalized spacial score (nSPS) is 9.96. The van der Waals surface area contributed by atoms with Crippen LogP contribution in [-0.2, 0) is 11.1 Å². The largest absolute Gasteiger partial charge is 0.769 e. The molecule has 0 bridgehead atoms. The van der Waals surface area contributed by atoms with Crippen LogP contribution in [-0.4, -0.2) is 30.9 Å². The van der Waals surface area contributed by atoms with Crippen molar-refractivity contribution in [1.29, 1.82) is 0 Å². The van der Waals surface area contributed by atoms with Gasteiger partial charge in [-0.2, -0.15) is 0 Å². The Morgan fingerprint density at radius 2 is 1.13 bits per heavy atom. The Morgan fingerprint density at radius 1 is 0.870 bits per heavy atom. The number of rotatable bonds is 3. The van der Waals surface area contributed by atoms with Gasteiger partial charge in [0.25, 0.3) is 0 Å². The van der Waals surface area contributed by atoms with Crippen molar-refractivity contribution in [3.8, 4) is 0 Å². The summed E-state index contributed by atoms with van der Waals surface area (Å²) >= 11 is -2.06. The molecule has 0 amide bonds. The van der Waals surface area contributed by atoms with Gasteiger partial charge in [0.1, 0.15) is 0 Å². The smallest absolute Gasteiger partial charge is 0.335 e. The molecular weight excluding hydrogens is 320 g/mol. The fraction of sp³-hybridized carbons (Fsp3) is 0. The molecule has 0 aliphatic carbocycles. The predicted octanol–water partition coefficient (Wildman–Crippen LogP) is 2.78. The maximum atomic E-state index is 10.2. The van der Waals surface area contributed by atoms with Crippen molar-refractivity contribution in [2.45, 2.75) is 0 Å². The molecule has 0 aromatic heterocycles. The van der Waals surface area contributed by atoms with E-state index in [-0.39, 0.29) is 0 Å². The third kappa shape index (κ3) is 10.6. The van der Waals surface area contributed by atoms with Gasteiger partial charge in [0.2, 0.25) is 0 Å². The summed E-state index contributed by atoms with van der Waals surface area (Å²) in [4.78, 5) is 20.4. The van der Waals surface area contributed by atoms with Gasteiger partial charge in [-0.15, -0.1) is 0 Å². The first-order valence-electron chi connectivity index (χ1n) is 6.15. The number of aromatic carboxylic acids is 2. The van der Waals surface area contributed by atoms with E-state index in [9.17, 15) is 18.4 Å². The van der Waals surface area contributed by atoms with Gasteiger partial charge in [0.15, 0.2) is 0 Å². The van der Waals surface area contributed by atoms with Gasteiger partial charge in [-0.3, -0.25) is 4.21 Å². The van der Waals surface area contributed by atoms with Gasteiger partial charge >= 0.3 is 11.9 Å². The number of carboxylic acids is 2. The monoisotopic (exact) mass is 335 g/mol. The number of hydrogen-bond acceptors (Lipinski definition) is 4. The molecule has 6 nitrogen and oxygen atoms in total. The lowest BCUT2D eigenvalue weighted by Crippen LogP contribution is -1.93. The highest BCUT2D eigenvalue weighted by Crippen LogP contribution is 1.96. The SMILES string of the molecule is C=CS(=O)[O-].O=C(O)c1ccccc1.O=C(O)c1ccccc1. The van der Waals surface area contributed by atoms with Gasteiger partial charge < -0.3 is 14.8 Å². The molecule has 1 atom stereocenters. The summed E-state index contributed by atoms with van der Waals surface area (Å²) in [6, 6.07) is 16.6. The second kappa shape index (κ2) is 11.8. The van der Waals surface area contributed by atoms with E-state index in [4.69, 9.17) is 10.2 Å². The summed E-state index contributed by atoms with van der Waals surface area (Å²) < 4.78 is 18.5. The van der Waals surface area contributed by atoms with E-state index < -0.39 is 23.0 Å². The molecule has 0 fully saturated rings. The van der Waals surface area contributed by atoms with Gasteiger partial charge in [-0.25, -0.2) is 9.59 Å². The summed E-state index contributed by atoms with van der Waals surface area (Å²) in [6.07, 6.45) is 0. The maximum Gasteiger partial charge on any atom is 0.335 e. The summed E-state index contributed by atoms with van der Waals surface area (Å²) in [5, 5.41) is 17.6. The second-order valence-electron chi connectivity index (χ2n) is 3.77. The van der Waals surface area contributed by atoms with Crippen LogP contribution in [0.3, 0.4) is 0 Å². The number of carboxylic acid groups (broad SMARTS) is 2. The van der Waals surface area contributed by atoms with E-state index in [1.54, 1.807) is 60.7 Å². The lowest BCUT2D eigenvalue weighted by molar-refractivity contribution is 0.0686. The number of hydrogen-bond donors (Lipinski definition) is 2. The third-order valence-electron chi connectivity index (χ3n) is 2.18. The molecule has 1 unspecified atom stereocenters. The summed E-state index contributed by atoms with van der Waals surface area (Å²) in [5.74, 6) is -1.76. The van der Waals surface area contributed by atoms with Crippen LogP contribution in [0.5, 0.6) is 0 Å². The Balaban J connectivity index is 0.000000332. The minimum atomic E-state index is -2.06. The van der Waals surface area contributed by atoms with Crippen molar-refractivity contribution in [2.75, 3.05) is 0 Å². The standard InChI is InChI=1S/2C7H6O2.C2H4O2S/c2*8-7(9)6-4-2-1-3-5-6;1-2-5(3)4/h2*1-5H,(H,8,9);2H,1H2,(H,3,4)/p-1. The molecule has 0 aliphatic heterocycles. The zero-order valence-electron chi connectivity index (χ0n) is 12.0. The van der Waals surface area contributed by atoms with E-state index in [0.29, 0.717) is 11.1 Å². The van der Waals surface area contributed by atoms with Gasteiger partial charge in [0, 0.05) is 0 Å². The highest BCUT2D eigenvalue weighted by atomic mass is 32.2. The molecule has 23 heavy (non-hydrogen) atoms. The molecule has 0 radical (unpaired) electrons. The van der Waals surface area contributed by atoms with Crippen molar-refractivity contribution in [1.82, 2.24) is 0 Å². The Bertz CT molecular complexity index is 591. The summed E-state index contributed by atoms with van der Waals surface area (Å²) in [7, 11) is 0. The lowest BCUT2D eigenvalue weighted by atomic mass is 10.2. The molecule has 0 saturated carbocycles. The Labute approximate surface area is 136 Å². The molecule has 0 saturated heterocycles. The second-order valence-corrected chi connectivity index (χ2v) is 4.62. The number of benzene rings is 2. The van der Waals surface area contributed by atoms with Gasteiger partial charge in [-0.05, 0) is 40.8 Å². The van der Waals surface area contributed by atoms with Crippen molar-refractivity contribution in [3.63, 3.8) is 0 Å². The minimum absolute atomic E-state index is 0.331. The predicted molar refractivity (Wildman–Crippen MR) is 85.9 cm³/mol. The molecule has 2 rings (SSSR count). The first kappa shape index (κ1) is 20.2. The molecule has 2 N–H and O–H groups in total. The van der Waals surface area contributed by atoms with E-state index >= 15 is 0 Å². The first-order valence-corrected chi connectivity index (χ1v) is 7.29. The van der Waals surface area contributed by atoms with Crippen LogP contribution in [0, 0.1) is 0 Å². The molecule has 122 valence electrons. The highest BCUT2D eigenvalue weighted by molar-refractivity contribution is 7.82. The van der Waals surface area contributed by atoms with Crippen molar-refractivity contribution in [2.24, 2.45) is 0 Å². The summed E-state index contributed by atoms with van der Waals surface area (Å²) in [5.41, 5.74) is 0.662. The highest BCUT2D eigenvalue weighted by Gasteiger charge is 1.97. The lowest BCUT2D eigenvalue weighted by Gasteiger charge is -1.88. The van der Waals surface area contributed by atoms with E-state index in [1.807, 2.05) is 0 Å². The maximum absolute atomic E-state index is 10.2. The first-order chi connectivity index (χ1) is 10.9. The average Bonchev–Trinajstić information content (AvgIpc) is 2.57. The van der Waals surface area contributed by atoms with Crippen LogP contribution in [0.25, 0.3) is 0 Å². The van der Waals surface area contributed by atoms with E-state index in [1.165, 1.54) is 0 Å². The van der Waals surface area contributed by atoms with Crippen LogP contribution in [0.15, 0.2) is 72.7 Å².